The number of esters is 1. The molecule has 78 valence electrons. The summed E-state index contributed by atoms with van der Waals surface area (Å²) in [5.74, 6) is -1.52. The van der Waals surface area contributed by atoms with E-state index in [9.17, 15) is 9.59 Å². The number of ether oxygens (including phenoxy) is 1. The first-order valence-electron chi connectivity index (χ1n) is 4.26. The van der Waals surface area contributed by atoms with E-state index in [1.54, 1.807) is 6.08 Å². The summed E-state index contributed by atoms with van der Waals surface area (Å²) < 4.78 is 4.57. The van der Waals surface area contributed by atoms with E-state index in [4.69, 9.17) is 0 Å². The summed E-state index contributed by atoms with van der Waals surface area (Å²) in [4.78, 5) is 22.1. The van der Waals surface area contributed by atoms with Crippen LogP contribution in [0.15, 0.2) is 35.6 Å². The van der Waals surface area contributed by atoms with E-state index in [0.717, 1.165) is 5.56 Å². The van der Waals surface area contributed by atoms with Crippen molar-refractivity contribution >= 4 is 29.2 Å². The third kappa shape index (κ3) is 3.91. The molecule has 0 N–H and O–H groups in total. The lowest BCUT2D eigenvalue weighted by atomic mass is 10.2. The Bertz CT molecular complexity index is 377. The van der Waals surface area contributed by atoms with Crippen molar-refractivity contribution in [3.05, 3.63) is 41.1 Å². The van der Waals surface area contributed by atoms with Crippen molar-refractivity contribution in [2.45, 2.75) is 0 Å². The van der Waals surface area contributed by atoms with Crippen LogP contribution in [0.1, 0.15) is 5.56 Å². The molecule has 1 heterocycles. The van der Waals surface area contributed by atoms with E-state index < -0.39 is 11.8 Å². The van der Waals surface area contributed by atoms with Crippen molar-refractivity contribution in [1.29, 1.82) is 0 Å². The van der Waals surface area contributed by atoms with Crippen molar-refractivity contribution in [3.8, 4) is 0 Å². The summed E-state index contributed by atoms with van der Waals surface area (Å²) in [5.41, 5.74) is 0.893. The number of carbonyl (C=O) groups is 2. The number of ketones is 1. The fourth-order valence-electron chi connectivity index (χ4n) is 0.816. The molecule has 0 fully saturated rings. The highest BCUT2D eigenvalue weighted by atomic mass is 32.1. The fourth-order valence-corrected chi connectivity index (χ4v) is 1.44. The van der Waals surface area contributed by atoms with Crippen LogP contribution in [0.4, 0.5) is 0 Å². The average Bonchev–Trinajstić information content (AvgIpc) is 2.75. The van der Waals surface area contributed by atoms with Gasteiger partial charge in [0.2, 0.25) is 0 Å². The topological polar surface area (TPSA) is 43.4 Å². The molecule has 0 aliphatic heterocycles. The molecule has 0 saturated heterocycles. The fraction of sp³-hybridized carbons (Fsp3) is 0.0909. The van der Waals surface area contributed by atoms with Gasteiger partial charge >= 0.3 is 5.97 Å². The van der Waals surface area contributed by atoms with Gasteiger partial charge in [0.15, 0.2) is 0 Å². The van der Waals surface area contributed by atoms with E-state index >= 15 is 0 Å². The molecule has 0 aliphatic carbocycles. The molecule has 0 amide bonds. The summed E-state index contributed by atoms with van der Waals surface area (Å²) >= 11 is 1.52. The van der Waals surface area contributed by atoms with Crippen LogP contribution in [-0.2, 0) is 14.3 Å². The molecule has 0 atom stereocenters. The number of carbonyl (C=O) groups excluding carboxylic acids is 2. The predicted octanol–water partition coefficient (Wildman–Crippen LogP) is 2.06. The van der Waals surface area contributed by atoms with Gasteiger partial charge in [-0.25, -0.2) is 4.79 Å². The highest BCUT2D eigenvalue weighted by Gasteiger charge is 2.10. The zero-order chi connectivity index (χ0) is 11.1. The molecule has 1 rings (SSSR count). The van der Waals surface area contributed by atoms with Gasteiger partial charge in [-0.2, -0.15) is 11.3 Å². The highest BCUT2D eigenvalue weighted by molar-refractivity contribution is 7.08. The Hall–Kier alpha value is -1.68. The van der Waals surface area contributed by atoms with Gasteiger partial charge in [-0.05, 0) is 34.5 Å². The Morgan fingerprint density at radius 2 is 2.33 bits per heavy atom. The van der Waals surface area contributed by atoms with Crippen LogP contribution in [-0.4, -0.2) is 18.4 Å². The SMILES string of the molecule is C=CCOC(=O)C(=O)C=Cc1ccsc1. The molecule has 3 nitrogen and oxygen atoms in total. The minimum atomic E-state index is -0.860. The molecule has 1 aromatic heterocycles. The summed E-state index contributed by atoms with van der Waals surface area (Å²) in [6.07, 6.45) is 4.19. The first-order chi connectivity index (χ1) is 7.24. The van der Waals surface area contributed by atoms with E-state index in [1.165, 1.54) is 23.5 Å². The maximum Gasteiger partial charge on any atom is 0.379 e. The van der Waals surface area contributed by atoms with Crippen LogP contribution in [0, 0.1) is 0 Å². The largest absolute Gasteiger partial charge is 0.455 e. The number of thiophene rings is 1. The van der Waals surface area contributed by atoms with Gasteiger partial charge in [0.1, 0.15) is 6.61 Å². The lowest BCUT2D eigenvalue weighted by Crippen LogP contribution is -2.14. The Morgan fingerprint density at radius 3 is 2.93 bits per heavy atom. The Labute approximate surface area is 91.7 Å². The standard InChI is InChI=1S/C11H10O3S/c1-2-6-14-11(13)10(12)4-3-9-5-7-15-8-9/h2-5,7-8H,1,6H2. The Morgan fingerprint density at radius 1 is 1.53 bits per heavy atom. The van der Waals surface area contributed by atoms with Gasteiger partial charge in [-0.1, -0.05) is 12.7 Å². The maximum absolute atomic E-state index is 11.2. The van der Waals surface area contributed by atoms with Gasteiger partial charge < -0.3 is 4.74 Å². The van der Waals surface area contributed by atoms with Crippen LogP contribution >= 0.6 is 11.3 Å². The van der Waals surface area contributed by atoms with Crippen molar-refractivity contribution < 1.29 is 14.3 Å². The second-order valence-corrected chi connectivity index (χ2v) is 3.42. The van der Waals surface area contributed by atoms with Gasteiger partial charge in [0.25, 0.3) is 5.78 Å². The molecule has 0 spiro atoms. The van der Waals surface area contributed by atoms with Crippen LogP contribution in [0.2, 0.25) is 0 Å². The minimum Gasteiger partial charge on any atom is -0.455 e. The van der Waals surface area contributed by atoms with E-state index in [2.05, 4.69) is 11.3 Å². The molecule has 1 aromatic rings. The quantitative estimate of drug-likeness (QED) is 0.331. The third-order valence-corrected chi connectivity index (χ3v) is 2.21. The first-order valence-corrected chi connectivity index (χ1v) is 5.20. The molecule has 4 heteroatoms. The third-order valence-electron chi connectivity index (χ3n) is 1.50. The maximum atomic E-state index is 11.2. The number of hydrogen-bond acceptors (Lipinski definition) is 4. The molecule has 0 unspecified atom stereocenters. The second kappa shape index (κ2) is 5.93. The summed E-state index contributed by atoms with van der Waals surface area (Å²) in [7, 11) is 0. The van der Waals surface area contributed by atoms with Gasteiger partial charge in [-0.15, -0.1) is 0 Å². The number of rotatable bonds is 5. The molecule has 0 aromatic carbocycles. The number of hydrogen-bond donors (Lipinski definition) is 0. The Kier molecular flexibility index (Phi) is 4.50. The molecular weight excluding hydrogens is 212 g/mol. The molecule has 0 bridgehead atoms. The molecule has 0 aliphatic rings. The highest BCUT2D eigenvalue weighted by Crippen LogP contribution is 2.07. The first kappa shape index (κ1) is 11.4. The molecule has 0 saturated carbocycles. The predicted molar refractivity (Wildman–Crippen MR) is 59.5 cm³/mol. The van der Waals surface area contributed by atoms with E-state index in [1.807, 2.05) is 16.8 Å². The van der Waals surface area contributed by atoms with Gasteiger partial charge in [0, 0.05) is 0 Å². The average molecular weight is 222 g/mol. The summed E-state index contributed by atoms with van der Waals surface area (Å²) in [5, 5.41) is 3.76. The van der Waals surface area contributed by atoms with Gasteiger partial charge in [0.05, 0.1) is 0 Å². The molecule has 15 heavy (non-hydrogen) atoms. The van der Waals surface area contributed by atoms with E-state index in [-0.39, 0.29) is 6.61 Å². The lowest BCUT2D eigenvalue weighted by Gasteiger charge is -1.95. The van der Waals surface area contributed by atoms with Crippen LogP contribution in [0.3, 0.4) is 0 Å². The summed E-state index contributed by atoms with van der Waals surface area (Å²) in [6.45, 7) is 3.43. The lowest BCUT2D eigenvalue weighted by molar-refractivity contribution is -0.150. The zero-order valence-electron chi connectivity index (χ0n) is 8.01. The van der Waals surface area contributed by atoms with Crippen molar-refractivity contribution in [2.75, 3.05) is 6.61 Å². The van der Waals surface area contributed by atoms with Crippen molar-refractivity contribution in [2.24, 2.45) is 0 Å². The van der Waals surface area contributed by atoms with Crippen molar-refractivity contribution in [1.82, 2.24) is 0 Å². The van der Waals surface area contributed by atoms with Crippen LogP contribution in [0.5, 0.6) is 0 Å². The normalized spacial score (nSPS) is 10.1. The van der Waals surface area contributed by atoms with E-state index in [0.29, 0.717) is 0 Å². The Balaban J connectivity index is 2.48. The minimum absolute atomic E-state index is 0.0524. The smallest absolute Gasteiger partial charge is 0.379 e. The zero-order valence-corrected chi connectivity index (χ0v) is 8.83. The van der Waals surface area contributed by atoms with Crippen molar-refractivity contribution in [3.63, 3.8) is 0 Å². The summed E-state index contributed by atoms with van der Waals surface area (Å²) in [6, 6.07) is 1.85. The molecule has 0 radical (unpaired) electrons. The molecular formula is C11H10O3S. The van der Waals surface area contributed by atoms with Gasteiger partial charge in [-0.3, -0.25) is 4.79 Å². The monoisotopic (exact) mass is 222 g/mol. The van der Waals surface area contributed by atoms with Crippen LogP contribution < -0.4 is 0 Å². The van der Waals surface area contributed by atoms with Crippen LogP contribution in [0.25, 0.3) is 6.08 Å². The second-order valence-electron chi connectivity index (χ2n) is 2.64.